The highest BCUT2D eigenvalue weighted by Crippen LogP contribution is 1.91. The van der Waals surface area contributed by atoms with Gasteiger partial charge < -0.3 is 11.5 Å². The van der Waals surface area contributed by atoms with Gasteiger partial charge in [-0.1, -0.05) is 0 Å². The Bertz CT molecular complexity index is 160. The van der Waals surface area contributed by atoms with Crippen LogP contribution in [0.5, 0.6) is 0 Å². The summed E-state index contributed by atoms with van der Waals surface area (Å²) in [6.45, 7) is 0.0735. The minimum atomic E-state index is -0.781. The van der Waals surface area contributed by atoms with Crippen molar-refractivity contribution in [3.05, 3.63) is 0 Å². The summed E-state index contributed by atoms with van der Waals surface area (Å²) in [6.07, 6.45) is 0.632. The average Bonchev–Trinajstić information content (AvgIpc) is 2.10. The summed E-state index contributed by atoms with van der Waals surface area (Å²) in [7, 11) is 0. The Hall–Kier alpha value is -1.14. The molecule has 6 nitrogen and oxygen atoms in total. The normalized spacial score (nSPS) is 9.17. The van der Waals surface area contributed by atoms with Crippen LogP contribution >= 0.6 is 0 Å². The van der Waals surface area contributed by atoms with Crippen LogP contribution in [-0.2, 0) is 19.4 Å². The molecular weight excluding hydrogens is 164 g/mol. The lowest BCUT2D eigenvalue weighted by molar-refractivity contribution is -0.257. The Labute approximate surface area is 69.7 Å². The van der Waals surface area contributed by atoms with Crippen LogP contribution in [0, 0.1) is 0 Å². The molecule has 0 aliphatic heterocycles. The minimum Gasteiger partial charge on any atom is -0.330 e. The molecule has 0 aromatic heterocycles. The fourth-order valence-electron chi connectivity index (χ4n) is 0.415. The van der Waals surface area contributed by atoms with Gasteiger partial charge in [0.2, 0.25) is 0 Å². The predicted octanol–water partition coefficient (Wildman–Crippen LogP) is -1.31. The molecule has 0 saturated carbocycles. The van der Waals surface area contributed by atoms with E-state index < -0.39 is 11.9 Å². The summed E-state index contributed by atoms with van der Waals surface area (Å²) >= 11 is 0. The Morgan fingerprint density at radius 2 is 1.67 bits per heavy atom. The quantitative estimate of drug-likeness (QED) is 0.407. The van der Waals surface area contributed by atoms with Gasteiger partial charge in [-0.3, -0.25) is 0 Å². The summed E-state index contributed by atoms with van der Waals surface area (Å²) < 4.78 is 0. The monoisotopic (exact) mass is 176 g/mol. The van der Waals surface area contributed by atoms with E-state index in [4.69, 9.17) is 11.5 Å². The first kappa shape index (κ1) is 10.9. The van der Waals surface area contributed by atoms with Gasteiger partial charge in [0, 0.05) is 0 Å². The summed E-state index contributed by atoms with van der Waals surface area (Å²) in [5, 5.41) is 0. The second-order valence-electron chi connectivity index (χ2n) is 2.01. The highest BCUT2D eigenvalue weighted by Gasteiger charge is 2.06. The molecule has 0 atom stereocenters. The fraction of sp³-hybridized carbons (Fsp3) is 0.667. The summed E-state index contributed by atoms with van der Waals surface area (Å²) in [5.41, 5.74) is 10.00. The van der Waals surface area contributed by atoms with E-state index in [0.717, 1.165) is 0 Å². The van der Waals surface area contributed by atoms with Crippen molar-refractivity contribution in [2.75, 3.05) is 13.1 Å². The third kappa shape index (κ3) is 5.63. The number of rotatable bonds is 4. The number of carbonyl (C=O) groups excluding carboxylic acids is 2. The van der Waals surface area contributed by atoms with Gasteiger partial charge in [-0.15, -0.1) is 0 Å². The second-order valence-corrected chi connectivity index (χ2v) is 2.01. The van der Waals surface area contributed by atoms with Gasteiger partial charge in [0.25, 0.3) is 0 Å². The Kier molecular flexibility index (Phi) is 5.94. The number of carbonyl (C=O) groups is 2. The zero-order valence-electron chi connectivity index (χ0n) is 6.62. The van der Waals surface area contributed by atoms with E-state index in [-0.39, 0.29) is 13.0 Å². The van der Waals surface area contributed by atoms with Gasteiger partial charge in [-0.2, -0.15) is 0 Å². The van der Waals surface area contributed by atoms with E-state index >= 15 is 0 Å². The van der Waals surface area contributed by atoms with Crippen molar-refractivity contribution in [1.29, 1.82) is 0 Å². The lowest BCUT2D eigenvalue weighted by Gasteiger charge is -2.00. The largest absolute Gasteiger partial charge is 0.368 e. The van der Waals surface area contributed by atoms with Crippen LogP contribution in [0.1, 0.15) is 12.8 Å². The molecule has 0 rings (SSSR count). The smallest absolute Gasteiger partial charge is 0.330 e. The van der Waals surface area contributed by atoms with Gasteiger partial charge in [-0.25, -0.2) is 19.4 Å². The maximum absolute atomic E-state index is 10.6. The average molecular weight is 176 g/mol. The summed E-state index contributed by atoms with van der Waals surface area (Å²) in [6, 6.07) is 0. The molecule has 6 heteroatoms. The highest BCUT2D eigenvalue weighted by molar-refractivity contribution is 5.73. The Balaban J connectivity index is 3.37. The van der Waals surface area contributed by atoms with Gasteiger partial charge in [0.15, 0.2) is 0 Å². The standard InChI is InChI=1S/C6H12N2O4/c7-3-1-2-5(9)11-12-6(10)4-8/h1-4,7-8H2. The predicted molar refractivity (Wildman–Crippen MR) is 39.5 cm³/mol. The van der Waals surface area contributed by atoms with Crippen molar-refractivity contribution >= 4 is 11.9 Å². The number of nitrogens with two attached hydrogens (primary N) is 2. The van der Waals surface area contributed by atoms with Crippen LogP contribution in [0.4, 0.5) is 0 Å². The molecule has 0 saturated heterocycles. The van der Waals surface area contributed by atoms with E-state index in [0.29, 0.717) is 13.0 Å². The van der Waals surface area contributed by atoms with E-state index in [1.807, 2.05) is 0 Å². The molecule has 70 valence electrons. The van der Waals surface area contributed by atoms with Crippen LogP contribution in [0.3, 0.4) is 0 Å². The van der Waals surface area contributed by atoms with Crippen molar-refractivity contribution in [3.63, 3.8) is 0 Å². The molecule has 4 N–H and O–H groups in total. The van der Waals surface area contributed by atoms with Crippen LogP contribution in [-0.4, -0.2) is 25.0 Å². The van der Waals surface area contributed by atoms with E-state index in [1.54, 1.807) is 0 Å². The Morgan fingerprint density at radius 1 is 1.08 bits per heavy atom. The lowest BCUT2D eigenvalue weighted by atomic mass is 10.3. The van der Waals surface area contributed by atoms with Crippen LogP contribution in [0.25, 0.3) is 0 Å². The topological polar surface area (TPSA) is 105 Å². The van der Waals surface area contributed by atoms with Crippen LogP contribution in [0.15, 0.2) is 0 Å². The van der Waals surface area contributed by atoms with Gasteiger partial charge in [-0.05, 0) is 13.0 Å². The van der Waals surface area contributed by atoms with Crippen LogP contribution < -0.4 is 11.5 Å². The van der Waals surface area contributed by atoms with Crippen molar-refractivity contribution in [1.82, 2.24) is 0 Å². The molecule has 0 amide bonds. The minimum absolute atomic E-state index is 0.133. The van der Waals surface area contributed by atoms with Gasteiger partial charge >= 0.3 is 11.9 Å². The maximum Gasteiger partial charge on any atom is 0.368 e. The molecule has 0 spiro atoms. The molecule has 0 bridgehead atoms. The van der Waals surface area contributed by atoms with Crippen molar-refractivity contribution in [3.8, 4) is 0 Å². The summed E-state index contributed by atoms with van der Waals surface area (Å²) in [5.74, 6) is -1.40. The van der Waals surface area contributed by atoms with E-state index in [9.17, 15) is 9.59 Å². The van der Waals surface area contributed by atoms with Crippen molar-refractivity contribution < 1.29 is 19.4 Å². The third-order valence-corrected chi connectivity index (χ3v) is 0.979. The molecule has 0 unspecified atom stereocenters. The SMILES string of the molecule is NCCCC(=O)OOC(=O)CN. The van der Waals surface area contributed by atoms with E-state index in [1.165, 1.54) is 0 Å². The molecule has 0 fully saturated rings. The maximum atomic E-state index is 10.6. The molecule has 0 heterocycles. The third-order valence-electron chi connectivity index (χ3n) is 0.979. The fourth-order valence-corrected chi connectivity index (χ4v) is 0.415. The highest BCUT2D eigenvalue weighted by atomic mass is 17.2. The number of hydrogen-bond donors (Lipinski definition) is 2. The van der Waals surface area contributed by atoms with Gasteiger partial charge in [0.1, 0.15) is 0 Å². The summed E-state index contributed by atoms with van der Waals surface area (Å²) in [4.78, 5) is 29.0. The molecule has 12 heavy (non-hydrogen) atoms. The first-order chi connectivity index (χ1) is 5.70. The molecule has 0 radical (unpaired) electrons. The van der Waals surface area contributed by atoms with Crippen molar-refractivity contribution in [2.24, 2.45) is 11.5 Å². The first-order valence-corrected chi connectivity index (χ1v) is 3.51. The lowest BCUT2D eigenvalue weighted by Crippen LogP contribution is -2.19. The number of hydrogen-bond acceptors (Lipinski definition) is 6. The molecule has 0 aliphatic rings. The molecule has 0 aromatic rings. The zero-order valence-corrected chi connectivity index (χ0v) is 6.62. The Morgan fingerprint density at radius 3 is 2.17 bits per heavy atom. The molecule has 0 aromatic carbocycles. The molecular formula is C6H12N2O4. The van der Waals surface area contributed by atoms with E-state index in [2.05, 4.69) is 9.78 Å². The van der Waals surface area contributed by atoms with Crippen molar-refractivity contribution in [2.45, 2.75) is 12.8 Å². The van der Waals surface area contributed by atoms with Gasteiger partial charge in [0.05, 0.1) is 13.0 Å². The zero-order chi connectivity index (χ0) is 9.40. The first-order valence-electron chi connectivity index (χ1n) is 3.51. The second kappa shape index (κ2) is 6.56. The molecule has 0 aliphatic carbocycles. The van der Waals surface area contributed by atoms with Crippen LogP contribution in [0.2, 0.25) is 0 Å².